The molecule has 9 heavy (non-hydrogen) atoms. The van der Waals surface area contributed by atoms with Gasteiger partial charge in [0.1, 0.15) is 0 Å². The van der Waals surface area contributed by atoms with E-state index in [0.29, 0.717) is 0 Å². The summed E-state index contributed by atoms with van der Waals surface area (Å²) in [4.78, 5) is 0. The highest BCUT2D eigenvalue weighted by Crippen LogP contribution is 2.26. The molecule has 54 valence electrons. The molecule has 1 fully saturated rings. The van der Waals surface area contributed by atoms with Crippen molar-refractivity contribution in [1.29, 1.82) is 0 Å². The maximum absolute atomic E-state index is 9.18. The van der Waals surface area contributed by atoms with Gasteiger partial charge in [0.2, 0.25) is 0 Å². The number of hydrogen-bond donors (Lipinski definition) is 1. The maximum atomic E-state index is 9.18. The average molecular weight is 169 g/mol. The van der Waals surface area contributed by atoms with Gasteiger partial charge in [-0.25, -0.2) is 0 Å². The normalized spacial score (nSPS) is 45.0. The molecule has 1 unspecified atom stereocenters. The molecule has 0 heterocycles. The van der Waals surface area contributed by atoms with Gasteiger partial charge in [-0.3, -0.25) is 0 Å². The summed E-state index contributed by atoms with van der Waals surface area (Å²) in [5.41, 5.74) is 0. The highest BCUT2D eigenvalue weighted by molar-refractivity contribution is 6.24. The van der Waals surface area contributed by atoms with Crippen LogP contribution in [0.1, 0.15) is 19.3 Å². The van der Waals surface area contributed by atoms with Crippen LogP contribution in [0.5, 0.6) is 0 Å². The van der Waals surface area contributed by atoms with Crippen molar-refractivity contribution in [2.75, 3.05) is 0 Å². The molecule has 1 rings (SSSR count). The van der Waals surface area contributed by atoms with E-state index in [0.717, 1.165) is 19.3 Å². The van der Waals surface area contributed by atoms with E-state index >= 15 is 0 Å². The Bertz CT molecular complexity index is 87.1. The predicted octanol–water partition coefficient (Wildman–Crippen LogP) is 1.75. The smallest absolute Gasteiger partial charge is 0.0866 e. The van der Waals surface area contributed by atoms with Crippen molar-refractivity contribution in [2.45, 2.75) is 36.1 Å². The Balaban J connectivity index is 2.41. The van der Waals surface area contributed by atoms with Gasteiger partial charge in [0.05, 0.1) is 16.9 Å². The molecule has 1 N–H and O–H groups in total. The Kier molecular flexibility index (Phi) is 2.62. The summed E-state index contributed by atoms with van der Waals surface area (Å²) in [6.45, 7) is 0. The molecule has 3 heteroatoms. The molecule has 1 saturated carbocycles. The fourth-order valence-corrected chi connectivity index (χ4v) is 1.81. The SMILES string of the molecule is OC1[C@H](Cl)CCC[C@@H]1Cl. The van der Waals surface area contributed by atoms with Crippen molar-refractivity contribution in [1.82, 2.24) is 0 Å². The first kappa shape index (κ1) is 7.64. The van der Waals surface area contributed by atoms with E-state index < -0.39 is 6.10 Å². The van der Waals surface area contributed by atoms with E-state index in [1.54, 1.807) is 0 Å². The summed E-state index contributed by atoms with van der Waals surface area (Å²) in [5, 5.41) is 8.93. The van der Waals surface area contributed by atoms with Gasteiger partial charge in [0.15, 0.2) is 0 Å². The van der Waals surface area contributed by atoms with Gasteiger partial charge in [-0.15, -0.1) is 23.2 Å². The lowest BCUT2D eigenvalue weighted by atomic mass is 9.97. The third-order valence-corrected chi connectivity index (χ3v) is 2.65. The second-order valence-corrected chi connectivity index (χ2v) is 3.57. The maximum Gasteiger partial charge on any atom is 0.0866 e. The zero-order valence-corrected chi connectivity index (χ0v) is 6.57. The highest BCUT2D eigenvalue weighted by Gasteiger charge is 2.28. The minimum Gasteiger partial charge on any atom is -0.390 e. The Labute approximate surface area is 65.0 Å². The summed E-state index contributed by atoms with van der Waals surface area (Å²) in [6.07, 6.45) is 2.33. The lowest BCUT2D eigenvalue weighted by Crippen LogP contribution is -2.34. The number of alkyl halides is 2. The van der Waals surface area contributed by atoms with Gasteiger partial charge in [0.25, 0.3) is 0 Å². The Morgan fingerprint density at radius 2 is 1.56 bits per heavy atom. The van der Waals surface area contributed by atoms with Crippen LogP contribution in [0.25, 0.3) is 0 Å². The van der Waals surface area contributed by atoms with Gasteiger partial charge >= 0.3 is 0 Å². The van der Waals surface area contributed by atoms with Crippen molar-refractivity contribution in [3.05, 3.63) is 0 Å². The first-order valence-electron chi connectivity index (χ1n) is 3.18. The molecule has 0 bridgehead atoms. The summed E-state index contributed by atoms with van der Waals surface area (Å²) in [7, 11) is 0. The second-order valence-electron chi connectivity index (χ2n) is 2.45. The lowest BCUT2D eigenvalue weighted by molar-refractivity contribution is 0.138. The minimum atomic E-state index is -0.498. The van der Waals surface area contributed by atoms with Gasteiger partial charge in [-0.2, -0.15) is 0 Å². The Hall–Kier alpha value is 0.540. The van der Waals surface area contributed by atoms with Gasteiger partial charge in [0, 0.05) is 0 Å². The van der Waals surface area contributed by atoms with Crippen molar-refractivity contribution in [2.24, 2.45) is 0 Å². The zero-order valence-electron chi connectivity index (χ0n) is 5.06. The molecule has 0 aliphatic heterocycles. The monoisotopic (exact) mass is 168 g/mol. The van der Waals surface area contributed by atoms with E-state index in [4.69, 9.17) is 23.2 Å². The van der Waals surface area contributed by atoms with Crippen LogP contribution in [-0.2, 0) is 0 Å². The molecular weight excluding hydrogens is 159 g/mol. The van der Waals surface area contributed by atoms with Crippen LogP contribution < -0.4 is 0 Å². The molecule has 0 aromatic rings. The van der Waals surface area contributed by atoms with Crippen molar-refractivity contribution in [3.63, 3.8) is 0 Å². The van der Waals surface area contributed by atoms with Crippen LogP contribution in [-0.4, -0.2) is 22.0 Å². The number of aliphatic hydroxyl groups is 1. The molecule has 0 aromatic heterocycles. The summed E-state index contributed by atoms with van der Waals surface area (Å²) in [6, 6.07) is 0. The predicted molar refractivity (Wildman–Crippen MR) is 39.1 cm³/mol. The molecule has 0 aromatic carbocycles. The zero-order chi connectivity index (χ0) is 6.85. The number of halogens is 2. The van der Waals surface area contributed by atoms with Gasteiger partial charge in [-0.1, -0.05) is 6.42 Å². The third kappa shape index (κ3) is 1.73. The molecule has 3 atom stereocenters. The third-order valence-electron chi connectivity index (χ3n) is 1.70. The van der Waals surface area contributed by atoms with Crippen molar-refractivity contribution >= 4 is 23.2 Å². The summed E-state index contributed by atoms with van der Waals surface area (Å²) in [5.74, 6) is 0. The first-order valence-corrected chi connectivity index (χ1v) is 4.05. The number of rotatable bonds is 0. The van der Waals surface area contributed by atoms with Crippen LogP contribution in [0.4, 0.5) is 0 Å². The topological polar surface area (TPSA) is 20.2 Å². The van der Waals surface area contributed by atoms with E-state index in [1.807, 2.05) is 0 Å². The molecule has 0 radical (unpaired) electrons. The van der Waals surface area contributed by atoms with Crippen LogP contribution in [0, 0.1) is 0 Å². The van der Waals surface area contributed by atoms with E-state index in [1.165, 1.54) is 0 Å². The molecule has 0 amide bonds. The minimum absolute atomic E-state index is 0.124. The number of aliphatic hydroxyl groups excluding tert-OH is 1. The van der Waals surface area contributed by atoms with Crippen molar-refractivity contribution < 1.29 is 5.11 Å². The molecule has 0 spiro atoms. The largest absolute Gasteiger partial charge is 0.390 e. The van der Waals surface area contributed by atoms with E-state index in [9.17, 15) is 5.11 Å². The molecule has 1 aliphatic carbocycles. The van der Waals surface area contributed by atoms with Crippen LogP contribution in [0.2, 0.25) is 0 Å². The number of hydrogen-bond acceptors (Lipinski definition) is 1. The quantitative estimate of drug-likeness (QED) is 0.547. The van der Waals surface area contributed by atoms with Gasteiger partial charge in [-0.05, 0) is 12.8 Å². The first-order chi connectivity index (χ1) is 4.22. The van der Waals surface area contributed by atoms with E-state index in [2.05, 4.69) is 0 Å². The standard InChI is InChI=1S/C6H10Cl2O/c7-4-2-1-3-5(8)6(4)9/h4-6,9H,1-3H2/t4-,5+,6?. The van der Waals surface area contributed by atoms with Crippen LogP contribution >= 0.6 is 23.2 Å². The van der Waals surface area contributed by atoms with Crippen LogP contribution in [0.15, 0.2) is 0 Å². The molecule has 1 nitrogen and oxygen atoms in total. The highest BCUT2D eigenvalue weighted by atomic mass is 35.5. The Morgan fingerprint density at radius 1 is 1.11 bits per heavy atom. The molecule has 0 saturated heterocycles. The fraction of sp³-hybridized carbons (Fsp3) is 1.00. The molecular formula is C6H10Cl2O. The molecule has 1 aliphatic rings. The summed E-state index contributed by atoms with van der Waals surface area (Å²) >= 11 is 11.5. The van der Waals surface area contributed by atoms with Gasteiger partial charge < -0.3 is 5.11 Å². The second kappa shape index (κ2) is 3.09. The van der Waals surface area contributed by atoms with E-state index in [-0.39, 0.29) is 10.8 Å². The fourth-order valence-electron chi connectivity index (χ4n) is 1.08. The van der Waals surface area contributed by atoms with Crippen molar-refractivity contribution in [3.8, 4) is 0 Å². The Morgan fingerprint density at radius 3 is 1.89 bits per heavy atom. The summed E-state index contributed by atoms with van der Waals surface area (Å²) < 4.78 is 0. The lowest BCUT2D eigenvalue weighted by Gasteiger charge is -2.26. The average Bonchev–Trinajstić information content (AvgIpc) is 1.83. The van der Waals surface area contributed by atoms with Crippen LogP contribution in [0.3, 0.4) is 0 Å².